The molecule has 0 aliphatic carbocycles. The largest absolute Gasteiger partial charge is 0.508 e. The topological polar surface area (TPSA) is 47.5 Å². The molecule has 0 radical (unpaired) electrons. The molecule has 0 saturated carbocycles. The summed E-state index contributed by atoms with van der Waals surface area (Å²) >= 11 is 0. The van der Waals surface area contributed by atoms with Crippen LogP contribution in [0.2, 0.25) is 0 Å². The van der Waals surface area contributed by atoms with Crippen molar-refractivity contribution in [1.29, 1.82) is 0 Å². The van der Waals surface area contributed by atoms with Crippen LogP contribution in [0.15, 0.2) is 24.3 Å². The van der Waals surface area contributed by atoms with E-state index in [4.69, 9.17) is 0 Å². The van der Waals surface area contributed by atoms with E-state index in [1.54, 1.807) is 6.07 Å². The predicted molar refractivity (Wildman–Crippen MR) is 69.1 cm³/mol. The van der Waals surface area contributed by atoms with E-state index in [2.05, 4.69) is 15.5 Å². The number of piperazine rings is 1. The lowest BCUT2D eigenvalue weighted by molar-refractivity contribution is 0.241. The molecule has 1 saturated heterocycles. The molecular weight excluding hydrogens is 214 g/mol. The van der Waals surface area contributed by atoms with Gasteiger partial charge in [-0.05, 0) is 6.07 Å². The molecule has 0 amide bonds. The van der Waals surface area contributed by atoms with E-state index in [0.717, 1.165) is 51.4 Å². The highest BCUT2D eigenvalue weighted by molar-refractivity contribution is 5.31. The van der Waals surface area contributed by atoms with Crippen molar-refractivity contribution in [3.05, 3.63) is 29.8 Å². The molecule has 1 aliphatic heterocycles. The second-order valence-electron chi connectivity index (χ2n) is 4.40. The molecule has 0 unspecified atom stereocenters. The maximum Gasteiger partial charge on any atom is 0.120 e. The van der Waals surface area contributed by atoms with Crippen LogP contribution in [0.1, 0.15) is 5.56 Å². The number of phenols is 1. The Morgan fingerprint density at radius 2 is 2.00 bits per heavy atom. The first-order valence-electron chi connectivity index (χ1n) is 6.27. The zero-order chi connectivity index (χ0) is 11.9. The van der Waals surface area contributed by atoms with E-state index in [0.29, 0.717) is 5.75 Å². The van der Waals surface area contributed by atoms with Crippen molar-refractivity contribution in [3.63, 3.8) is 0 Å². The Balaban J connectivity index is 1.64. The molecule has 0 spiro atoms. The molecule has 0 bridgehead atoms. The number of hydrogen-bond acceptors (Lipinski definition) is 4. The number of aromatic hydroxyl groups is 1. The van der Waals surface area contributed by atoms with Crippen molar-refractivity contribution in [1.82, 2.24) is 15.5 Å². The average molecular weight is 235 g/mol. The molecular formula is C13H21N3O. The van der Waals surface area contributed by atoms with Gasteiger partial charge >= 0.3 is 0 Å². The van der Waals surface area contributed by atoms with Crippen LogP contribution in [-0.2, 0) is 6.54 Å². The smallest absolute Gasteiger partial charge is 0.120 e. The van der Waals surface area contributed by atoms with Gasteiger partial charge in [0, 0.05) is 51.4 Å². The highest BCUT2D eigenvalue weighted by Gasteiger charge is 2.08. The van der Waals surface area contributed by atoms with Crippen LogP contribution in [0, 0.1) is 0 Å². The summed E-state index contributed by atoms with van der Waals surface area (Å²) in [6, 6.07) is 7.48. The standard InChI is InChI=1S/C13H21N3O/c17-13-4-2-1-3-12(13)11-15-7-10-16-8-5-14-6-9-16/h1-4,14-15,17H,5-11H2. The van der Waals surface area contributed by atoms with Crippen LogP contribution in [-0.4, -0.2) is 49.3 Å². The van der Waals surface area contributed by atoms with Gasteiger partial charge in [-0.15, -0.1) is 0 Å². The zero-order valence-corrected chi connectivity index (χ0v) is 10.2. The average Bonchev–Trinajstić information content (AvgIpc) is 2.38. The van der Waals surface area contributed by atoms with Crippen molar-refractivity contribution < 1.29 is 5.11 Å². The van der Waals surface area contributed by atoms with Gasteiger partial charge in [0.2, 0.25) is 0 Å². The van der Waals surface area contributed by atoms with Gasteiger partial charge in [0.05, 0.1) is 0 Å². The van der Waals surface area contributed by atoms with E-state index < -0.39 is 0 Å². The molecule has 94 valence electrons. The van der Waals surface area contributed by atoms with Crippen LogP contribution < -0.4 is 10.6 Å². The van der Waals surface area contributed by atoms with Crippen LogP contribution in [0.5, 0.6) is 5.75 Å². The van der Waals surface area contributed by atoms with Gasteiger partial charge in [0.1, 0.15) is 5.75 Å². The fraction of sp³-hybridized carbons (Fsp3) is 0.538. The van der Waals surface area contributed by atoms with E-state index >= 15 is 0 Å². The number of nitrogens with one attached hydrogen (secondary N) is 2. The molecule has 4 nitrogen and oxygen atoms in total. The quantitative estimate of drug-likeness (QED) is 0.646. The van der Waals surface area contributed by atoms with Crippen LogP contribution in [0.25, 0.3) is 0 Å². The molecule has 1 fully saturated rings. The first kappa shape index (κ1) is 12.4. The van der Waals surface area contributed by atoms with Crippen LogP contribution >= 0.6 is 0 Å². The second-order valence-corrected chi connectivity index (χ2v) is 4.40. The minimum atomic E-state index is 0.377. The third-order valence-electron chi connectivity index (χ3n) is 3.12. The minimum absolute atomic E-state index is 0.377. The summed E-state index contributed by atoms with van der Waals surface area (Å²) in [4.78, 5) is 2.45. The SMILES string of the molecule is Oc1ccccc1CNCCN1CCNCC1. The maximum absolute atomic E-state index is 9.60. The lowest BCUT2D eigenvalue weighted by Gasteiger charge is -2.27. The number of rotatable bonds is 5. The van der Waals surface area contributed by atoms with Crippen molar-refractivity contribution in [2.24, 2.45) is 0 Å². The number of hydrogen-bond donors (Lipinski definition) is 3. The Morgan fingerprint density at radius 1 is 1.24 bits per heavy atom. The Bertz CT molecular complexity index is 337. The number of para-hydroxylation sites is 1. The minimum Gasteiger partial charge on any atom is -0.508 e. The van der Waals surface area contributed by atoms with E-state index in [-0.39, 0.29) is 0 Å². The first-order valence-corrected chi connectivity index (χ1v) is 6.27. The number of phenolic OH excluding ortho intramolecular Hbond substituents is 1. The van der Waals surface area contributed by atoms with E-state index in [1.165, 1.54) is 0 Å². The molecule has 3 N–H and O–H groups in total. The Labute approximate surface area is 103 Å². The molecule has 2 rings (SSSR count). The molecule has 1 aliphatic rings. The van der Waals surface area contributed by atoms with Gasteiger partial charge < -0.3 is 15.7 Å². The molecule has 1 aromatic carbocycles. The molecule has 17 heavy (non-hydrogen) atoms. The summed E-state index contributed by atoms with van der Waals surface area (Å²) < 4.78 is 0. The molecule has 4 heteroatoms. The summed E-state index contributed by atoms with van der Waals surface area (Å²) in [5.41, 5.74) is 0.966. The number of nitrogens with zero attached hydrogens (tertiary/aromatic N) is 1. The third kappa shape index (κ3) is 4.00. The summed E-state index contributed by atoms with van der Waals surface area (Å²) in [6.45, 7) is 7.25. The lowest BCUT2D eigenvalue weighted by Crippen LogP contribution is -2.45. The van der Waals surface area contributed by atoms with Crippen LogP contribution in [0.3, 0.4) is 0 Å². The second kappa shape index (κ2) is 6.59. The predicted octanol–water partition coefficient (Wildman–Crippen LogP) is 0.387. The monoisotopic (exact) mass is 235 g/mol. The van der Waals surface area contributed by atoms with Crippen molar-refractivity contribution in [2.75, 3.05) is 39.3 Å². The van der Waals surface area contributed by atoms with Gasteiger partial charge in [-0.25, -0.2) is 0 Å². The fourth-order valence-corrected chi connectivity index (χ4v) is 2.06. The summed E-state index contributed by atoms with van der Waals surface area (Å²) in [6.07, 6.45) is 0. The first-order chi connectivity index (χ1) is 8.36. The zero-order valence-electron chi connectivity index (χ0n) is 10.2. The molecule has 0 aromatic heterocycles. The highest BCUT2D eigenvalue weighted by atomic mass is 16.3. The highest BCUT2D eigenvalue weighted by Crippen LogP contribution is 2.14. The Kier molecular flexibility index (Phi) is 4.79. The van der Waals surface area contributed by atoms with Gasteiger partial charge in [-0.2, -0.15) is 0 Å². The maximum atomic E-state index is 9.60. The van der Waals surface area contributed by atoms with Crippen molar-refractivity contribution in [2.45, 2.75) is 6.54 Å². The fourth-order valence-electron chi connectivity index (χ4n) is 2.06. The normalized spacial score (nSPS) is 17.2. The molecule has 1 aromatic rings. The molecule has 1 heterocycles. The Morgan fingerprint density at radius 3 is 2.76 bits per heavy atom. The number of benzene rings is 1. The summed E-state index contributed by atoms with van der Waals surface area (Å²) in [5, 5.41) is 16.3. The van der Waals surface area contributed by atoms with E-state index in [9.17, 15) is 5.11 Å². The van der Waals surface area contributed by atoms with Gasteiger partial charge in [0.15, 0.2) is 0 Å². The lowest BCUT2D eigenvalue weighted by atomic mass is 10.2. The van der Waals surface area contributed by atoms with Gasteiger partial charge in [-0.1, -0.05) is 18.2 Å². The van der Waals surface area contributed by atoms with Crippen molar-refractivity contribution >= 4 is 0 Å². The molecule has 0 atom stereocenters. The summed E-state index contributed by atoms with van der Waals surface area (Å²) in [5.74, 6) is 0.377. The van der Waals surface area contributed by atoms with E-state index in [1.807, 2.05) is 18.2 Å². The summed E-state index contributed by atoms with van der Waals surface area (Å²) in [7, 11) is 0. The van der Waals surface area contributed by atoms with Gasteiger partial charge in [0.25, 0.3) is 0 Å². The van der Waals surface area contributed by atoms with Crippen molar-refractivity contribution in [3.8, 4) is 5.75 Å². The van der Waals surface area contributed by atoms with Crippen LogP contribution in [0.4, 0.5) is 0 Å². The Hall–Kier alpha value is -1.10. The van der Waals surface area contributed by atoms with Gasteiger partial charge in [-0.3, -0.25) is 4.90 Å². The third-order valence-corrected chi connectivity index (χ3v) is 3.12.